The van der Waals surface area contributed by atoms with Gasteiger partial charge in [0.1, 0.15) is 0 Å². The lowest BCUT2D eigenvalue weighted by Gasteiger charge is -1.98. The molecule has 2 nitrogen and oxygen atoms in total. The summed E-state index contributed by atoms with van der Waals surface area (Å²) in [5, 5.41) is -0.463. The first-order valence-electron chi connectivity index (χ1n) is 2.54. The third kappa shape index (κ3) is 1.75. The van der Waals surface area contributed by atoms with Crippen molar-refractivity contribution in [3.8, 4) is 0 Å². The standard InChI is InChI=1S/C4H7ClO2S2/c5-3-1-9(6,7)2-4(3)8/h3-4,8H,1-2H2/t3-,4+/m1/s1. The number of sulfone groups is 1. The topological polar surface area (TPSA) is 34.1 Å². The van der Waals surface area contributed by atoms with Crippen LogP contribution in [0, 0.1) is 0 Å². The van der Waals surface area contributed by atoms with E-state index in [1.54, 1.807) is 0 Å². The lowest BCUT2D eigenvalue weighted by molar-refractivity contribution is 0.602. The Labute approximate surface area is 64.9 Å². The molecule has 5 heteroatoms. The highest BCUT2D eigenvalue weighted by Crippen LogP contribution is 2.21. The van der Waals surface area contributed by atoms with Gasteiger partial charge in [0.2, 0.25) is 0 Å². The van der Waals surface area contributed by atoms with Crippen molar-refractivity contribution in [1.29, 1.82) is 0 Å². The second-order valence-electron chi connectivity index (χ2n) is 2.16. The van der Waals surface area contributed by atoms with E-state index in [1.807, 2.05) is 0 Å². The second kappa shape index (κ2) is 2.32. The van der Waals surface area contributed by atoms with Crippen molar-refractivity contribution < 1.29 is 8.42 Å². The van der Waals surface area contributed by atoms with Crippen LogP contribution in [-0.4, -0.2) is 30.6 Å². The van der Waals surface area contributed by atoms with E-state index in [0.717, 1.165) is 0 Å². The average Bonchev–Trinajstić information content (AvgIpc) is 1.79. The minimum absolute atomic E-state index is 0.0860. The van der Waals surface area contributed by atoms with Gasteiger partial charge < -0.3 is 0 Å². The smallest absolute Gasteiger partial charge is 0.152 e. The third-order valence-corrected chi connectivity index (χ3v) is 4.60. The van der Waals surface area contributed by atoms with Crippen molar-refractivity contribution in [1.82, 2.24) is 0 Å². The molecule has 0 bridgehead atoms. The first-order valence-corrected chi connectivity index (χ1v) is 5.31. The van der Waals surface area contributed by atoms with Crippen LogP contribution in [0.5, 0.6) is 0 Å². The fourth-order valence-electron chi connectivity index (χ4n) is 0.786. The SMILES string of the molecule is O=S1(=O)C[C@@H](Cl)[C@@H](S)C1. The highest BCUT2D eigenvalue weighted by atomic mass is 35.5. The minimum Gasteiger partial charge on any atom is -0.229 e. The van der Waals surface area contributed by atoms with Gasteiger partial charge in [0, 0.05) is 5.25 Å². The molecule has 54 valence electrons. The summed E-state index contributed by atoms with van der Waals surface area (Å²) in [6.45, 7) is 0. The lowest BCUT2D eigenvalue weighted by Crippen LogP contribution is -2.09. The monoisotopic (exact) mass is 186 g/mol. The maximum atomic E-state index is 10.7. The Hall–Kier alpha value is 0.590. The molecule has 1 aliphatic heterocycles. The highest BCUT2D eigenvalue weighted by Gasteiger charge is 2.33. The quantitative estimate of drug-likeness (QED) is 0.437. The molecule has 0 aromatic heterocycles. The molecule has 0 aliphatic carbocycles. The van der Waals surface area contributed by atoms with Crippen LogP contribution < -0.4 is 0 Å². The molecule has 0 spiro atoms. The molecule has 0 amide bonds. The Balaban J connectivity index is 2.77. The summed E-state index contributed by atoms with van der Waals surface area (Å²) in [6, 6.07) is 0. The van der Waals surface area contributed by atoms with E-state index in [9.17, 15) is 8.42 Å². The first-order chi connectivity index (χ1) is 4.01. The van der Waals surface area contributed by atoms with Crippen LogP contribution in [0.25, 0.3) is 0 Å². The molecule has 0 aromatic carbocycles. The molecule has 9 heavy (non-hydrogen) atoms. The fourth-order valence-corrected chi connectivity index (χ4v) is 4.09. The molecule has 1 heterocycles. The van der Waals surface area contributed by atoms with Gasteiger partial charge in [-0.25, -0.2) is 8.42 Å². The van der Waals surface area contributed by atoms with Gasteiger partial charge in [-0.3, -0.25) is 0 Å². The van der Waals surface area contributed by atoms with Crippen molar-refractivity contribution in [2.75, 3.05) is 11.5 Å². The van der Waals surface area contributed by atoms with Crippen LogP contribution >= 0.6 is 24.2 Å². The molecular weight excluding hydrogens is 180 g/mol. The molecule has 1 saturated heterocycles. The van der Waals surface area contributed by atoms with Gasteiger partial charge in [-0.1, -0.05) is 0 Å². The summed E-state index contributed by atoms with van der Waals surface area (Å²) >= 11 is 9.58. The van der Waals surface area contributed by atoms with Crippen molar-refractivity contribution in [2.45, 2.75) is 10.6 Å². The largest absolute Gasteiger partial charge is 0.229 e. The van der Waals surface area contributed by atoms with Crippen LogP contribution in [0.3, 0.4) is 0 Å². The zero-order valence-electron chi connectivity index (χ0n) is 4.62. The van der Waals surface area contributed by atoms with Crippen LogP contribution in [0.2, 0.25) is 0 Å². The summed E-state index contributed by atoms with van der Waals surface area (Å²) in [5.41, 5.74) is 0. The van der Waals surface area contributed by atoms with E-state index in [-0.39, 0.29) is 22.1 Å². The molecule has 0 N–H and O–H groups in total. The summed E-state index contributed by atoms with van der Waals surface area (Å²) in [7, 11) is -2.85. The van der Waals surface area contributed by atoms with E-state index in [2.05, 4.69) is 12.6 Å². The van der Waals surface area contributed by atoms with Gasteiger partial charge in [0.25, 0.3) is 0 Å². The number of thiol groups is 1. The van der Waals surface area contributed by atoms with Gasteiger partial charge in [0.15, 0.2) is 9.84 Å². The predicted octanol–water partition coefficient (Wildman–Crippen LogP) is 0.321. The van der Waals surface area contributed by atoms with Crippen LogP contribution in [0.15, 0.2) is 0 Å². The molecule has 1 rings (SSSR count). The van der Waals surface area contributed by atoms with Crippen LogP contribution in [-0.2, 0) is 9.84 Å². The molecule has 0 unspecified atom stereocenters. The molecule has 1 fully saturated rings. The molecule has 0 saturated carbocycles. The van der Waals surface area contributed by atoms with E-state index >= 15 is 0 Å². The fraction of sp³-hybridized carbons (Fsp3) is 1.00. The average molecular weight is 187 g/mol. The molecule has 0 aromatic rings. The third-order valence-electron chi connectivity index (χ3n) is 1.26. The predicted molar refractivity (Wildman–Crippen MR) is 41.1 cm³/mol. The Bertz CT molecular complexity index is 183. The van der Waals surface area contributed by atoms with Crippen LogP contribution in [0.4, 0.5) is 0 Å². The number of rotatable bonds is 0. The normalized spacial score (nSPS) is 41.1. The molecular formula is C4H7ClO2S2. The Morgan fingerprint density at radius 2 is 2.00 bits per heavy atom. The second-order valence-corrected chi connectivity index (χ2v) is 5.54. The minimum atomic E-state index is -2.85. The number of hydrogen-bond donors (Lipinski definition) is 1. The maximum Gasteiger partial charge on any atom is 0.152 e. The van der Waals surface area contributed by atoms with Crippen molar-refractivity contribution in [3.05, 3.63) is 0 Å². The molecule has 1 aliphatic rings. The summed E-state index contributed by atoms with van der Waals surface area (Å²) in [5.74, 6) is 0.215. The molecule has 2 atom stereocenters. The number of alkyl halides is 1. The van der Waals surface area contributed by atoms with Gasteiger partial charge in [-0.2, -0.15) is 12.6 Å². The number of hydrogen-bond acceptors (Lipinski definition) is 3. The Morgan fingerprint density at radius 1 is 1.44 bits per heavy atom. The lowest BCUT2D eigenvalue weighted by atomic mass is 10.4. The van der Waals surface area contributed by atoms with Crippen molar-refractivity contribution in [3.63, 3.8) is 0 Å². The summed E-state index contributed by atoms with van der Waals surface area (Å²) in [6.07, 6.45) is 0. The van der Waals surface area contributed by atoms with Gasteiger partial charge >= 0.3 is 0 Å². The van der Waals surface area contributed by atoms with E-state index < -0.39 is 9.84 Å². The summed E-state index contributed by atoms with van der Waals surface area (Å²) < 4.78 is 21.4. The Kier molecular flexibility index (Phi) is 1.99. The van der Waals surface area contributed by atoms with Crippen molar-refractivity contribution in [2.24, 2.45) is 0 Å². The zero-order valence-corrected chi connectivity index (χ0v) is 7.09. The Morgan fingerprint density at radius 3 is 2.11 bits per heavy atom. The van der Waals surface area contributed by atoms with Gasteiger partial charge in [-0.15, -0.1) is 11.6 Å². The van der Waals surface area contributed by atoms with Gasteiger partial charge in [-0.05, 0) is 0 Å². The van der Waals surface area contributed by atoms with Gasteiger partial charge in [0.05, 0.1) is 16.9 Å². The van der Waals surface area contributed by atoms with E-state index in [0.29, 0.717) is 0 Å². The maximum absolute atomic E-state index is 10.7. The first kappa shape index (κ1) is 7.69. The summed E-state index contributed by atoms with van der Waals surface area (Å²) in [4.78, 5) is 0. The van der Waals surface area contributed by atoms with Crippen molar-refractivity contribution >= 4 is 34.1 Å². The highest BCUT2D eigenvalue weighted by molar-refractivity contribution is 7.93. The van der Waals surface area contributed by atoms with E-state index in [4.69, 9.17) is 11.6 Å². The number of halogens is 1. The molecule has 0 radical (unpaired) electrons. The zero-order chi connectivity index (χ0) is 7.07. The van der Waals surface area contributed by atoms with Crippen LogP contribution in [0.1, 0.15) is 0 Å². The van der Waals surface area contributed by atoms with E-state index in [1.165, 1.54) is 0 Å².